The zero-order valence-corrected chi connectivity index (χ0v) is 11.5. The summed E-state index contributed by atoms with van der Waals surface area (Å²) in [5, 5.41) is 0. The number of hydrogen-bond acceptors (Lipinski definition) is 5. The van der Waals surface area contributed by atoms with Crippen molar-refractivity contribution in [3.63, 3.8) is 0 Å². The van der Waals surface area contributed by atoms with Gasteiger partial charge in [-0.05, 0) is 18.1 Å². The lowest BCUT2D eigenvalue weighted by Crippen LogP contribution is -2.09. The second-order valence-electron chi connectivity index (χ2n) is 4.23. The lowest BCUT2D eigenvalue weighted by molar-refractivity contribution is 0.0596. The minimum atomic E-state index is -0.529. The van der Waals surface area contributed by atoms with Gasteiger partial charge in [-0.15, -0.1) is 0 Å². The zero-order valence-electron chi connectivity index (χ0n) is 11.5. The number of anilines is 1. The zero-order chi connectivity index (χ0) is 14.5. The Hall–Kier alpha value is -2.50. The second kappa shape index (κ2) is 6.10. The van der Waals surface area contributed by atoms with Crippen LogP contribution in [-0.2, 0) is 17.7 Å². The van der Waals surface area contributed by atoms with Crippen molar-refractivity contribution in [3.05, 3.63) is 41.9 Å². The van der Waals surface area contributed by atoms with Crippen LogP contribution in [0.5, 0.6) is 5.75 Å². The Balaban J connectivity index is 2.12. The Bertz CT molecular complexity index is 607. The molecule has 0 aliphatic heterocycles. The molecule has 2 N–H and O–H groups in total. The number of carbonyl (C=O) groups excluding carboxylic acids is 1. The van der Waals surface area contributed by atoms with Crippen LogP contribution < -0.4 is 10.5 Å². The Kier molecular flexibility index (Phi) is 4.24. The van der Waals surface area contributed by atoms with E-state index in [1.807, 2.05) is 24.3 Å². The Labute approximate surface area is 117 Å². The molecular weight excluding hydrogens is 258 g/mol. The fraction of sp³-hybridized carbons (Fsp3) is 0.286. The first-order valence-electron chi connectivity index (χ1n) is 6.18. The Morgan fingerprint density at radius 2 is 2.10 bits per heavy atom. The average molecular weight is 275 g/mol. The summed E-state index contributed by atoms with van der Waals surface area (Å²) in [6.45, 7) is 0.607. The van der Waals surface area contributed by atoms with Gasteiger partial charge >= 0.3 is 5.97 Å². The third-order valence-electron chi connectivity index (χ3n) is 3.07. The smallest absolute Gasteiger partial charge is 0.360 e. The minimum Gasteiger partial charge on any atom is -0.496 e. The number of ether oxygens (including phenoxy) is 2. The van der Waals surface area contributed by atoms with Crippen LogP contribution in [0.1, 0.15) is 16.1 Å². The molecule has 1 aromatic heterocycles. The van der Waals surface area contributed by atoms with Gasteiger partial charge in [-0.3, -0.25) is 0 Å². The van der Waals surface area contributed by atoms with E-state index in [-0.39, 0.29) is 5.69 Å². The second-order valence-corrected chi connectivity index (χ2v) is 4.23. The normalized spacial score (nSPS) is 10.3. The van der Waals surface area contributed by atoms with E-state index in [1.165, 1.54) is 13.4 Å². The van der Waals surface area contributed by atoms with Gasteiger partial charge in [0.2, 0.25) is 0 Å². The van der Waals surface area contributed by atoms with Crippen molar-refractivity contribution < 1.29 is 14.3 Å². The topological polar surface area (TPSA) is 79.4 Å². The first-order valence-corrected chi connectivity index (χ1v) is 6.18. The van der Waals surface area contributed by atoms with Crippen LogP contribution in [0.15, 0.2) is 30.6 Å². The lowest BCUT2D eigenvalue weighted by Gasteiger charge is -2.09. The molecule has 2 rings (SSSR count). The van der Waals surface area contributed by atoms with E-state index in [2.05, 4.69) is 9.72 Å². The number of aryl methyl sites for hydroxylation is 2. The molecule has 0 amide bonds. The maximum absolute atomic E-state index is 11.4. The predicted molar refractivity (Wildman–Crippen MR) is 74.7 cm³/mol. The van der Waals surface area contributed by atoms with Crippen molar-refractivity contribution in [1.82, 2.24) is 9.55 Å². The van der Waals surface area contributed by atoms with Gasteiger partial charge in [-0.2, -0.15) is 0 Å². The molecule has 0 saturated carbocycles. The van der Waals surface area contributed by atoms with Gasteiger partial charge in [-0.1, -0.05) is 18.2 Å². The molecule has 1 heterocycles. The van der Waals surface area contributed by atoms with Crippen LogP contribution in [0.25, 0.3) is 0 Å². The number of rotatable bonds is 5. The van der Waals surface area contributed by atoms with E-state index in [9.17, 15) is 4.79 Å². The number of nitrogen functional groups attached to an aromatic ring is 1. The number of imidazole rings is 1. The molecule has 20 heavy (non-hydrogen) atoms. The molecule has 0 spiro atoms. The predicted octanol–water partition coefficient (Wildman–Crippen LogP) is 1.50. The summed E-state index contributed by atoms with van der Waals surface area (Å²) in [4.78, 5) is 15.4. The van der Waals surface area contributed by atoms with Crippen molar-refractivity contribution in [2.24, 2.45) is 0 Å². The fourth-order valence-electron chi connectivity index (χ4n) is 1.97. The number of carbonyl (C=O) groups is 1. The van der Waals surface area contributed by atoms with E-state index in [0.29, 0.717) is 12.4 Å². The molecule has 106 valence electrons. The van der Waals surface area contributed by atoms with Gasteiger partial charge in [0.25, 0.3) is 0 Å². The summed E-state index contributed by atoms with van der Waals surface area (Å²) in [5.41, 5.74) is 7.10. The number of aromatic nitrogens is 2. The summed E-state index contributed by atoms with van der Waals surface area (Å²) >= 11 is 0. The van der Waals surface area contributed by atoms with E-state index in [1.54, 1.807) is 11.7 Å². The average Bonchev–Trinajstić information content (AvgIpc) is 2.85. The van der Waals surface area contributed by atoms with Crippen molar-refractivity contribution >= 4 is 11.8 Å². The number of methoxy groups -OCH3 is 2. The lowest BCUT2D eigenvalue weighted by atomic mass is 10.1. The highest BCUT2D eigenvalue weighted by Crippen LogP contribution is 2.19. The van der Waals surface area contributed by atoms with Crippen molar-refractivity contribution in [1.29, 1.82) is 0 Å². The molecule has 0 fully saturated rings. The van der Waals surface area contributed by atoms with Gasteiger partial charge in [0, 0.05) is 6.54 Å². The molecule has 1 aromatic carbocycles. The molecule has 6 nitrogen and oxygen atoms in total. The summed E-state index contributed by atoms with van der Waals surface area (Å²) in [7, 11) is 2.94. The highest BCUT2D eigenvalue weighted by atomic mass is 16.5. The van der Waals surface area contributed by atoms with Gasteiger partial charge in [0.05, 0.1) is 20.5 Å². The molecule has 0 atom stereocenters. The van der Waals surface area contributed by atoms with Crippen molar-refractivity contribution in [2.75, 3.05) is 20.0 Å². The molecule has 0 unspecified atom stereocenters. The van der Waals surface area contributed by atoms with Crippen molar-refractivity contribution in [2.45, 2.75) is 13.0 Å². The van der Waals surface area contributed by atoms with Crippen molar-refractivity contribution in [3.8, 4) is 5.75 Å². The molecule has 0 saturated heterocycles. The number of para-hydroxylation sites is 1. The monoisotopic (exact) mass is 275 g/mol. The number of hydrogen-bond donors (Lipinski definition) is 1. The Morgan fingerprint density at radius 3 is 2.80 bits per heavy atom. The highest BCUT2D eigenvalue weighted by molar-refractivity contribution is 5.92. The van der Waals surface area contributed by atoms with Gasteiger partial charge < -0.3 is 19.8 Å². The van der Waals surface area contributed by atoms with Crippen LogP contribution in [0.4, 0.5) is 5.82 Å². The first kappa shape index (κ1) is 13.9. The van der Waals surface area contributed by atoms with E-state index >= 15 is 0 Å². The summed E-state index contributed by atoms with van der Waals surface area (Å²) in [5.74, 6) is 0.615. The molecular formula is C14H17N3O3. The van der Waals surface area contributed by atoms with Gasteiger partial charge in [0.1, 0.15) is 11.6 Å². The number of nitrogens with zero attached hydrogens (tertiary/aromatic N) is 2. The largest absolute Gasteiger partial charge is 0.496 e. The van der Waals surface area contributed by atoms with Gasteiger partial charge in [0.15, 0.2) is 5.69 Å². The van der Waals surface area contributed by atoms with Crippen LogP contribution in [-0.4, -0.2) is 29.7 Å². The van der Waals surface area contributed by atoms with E-state index in [0.717, 1.165) is 17.7 Å². The highest BCUT2D eigenvalue weighted by Gasteiger charge is 2.16. The first-order chi connectivity index (χ1) is 9.67. The summed E-state index contributed by atoms with van der Waals surface area (Å²) in [6, 6.07) is 7.78. The number of esters is 1. The standard InChI is InChI=1S/C14H17N3O3/c1-19-11-6-4-3-5-10(11)7-8-17-9-16-12(13(17)15)14(18)20-2/h3-6,9H,7-8,15H2,1-2H3. The van der Waals surface area contributed by atoms with E-state index in [4.69, 9.17) is 10.5 Å². The number of benzene rings is 1. The molecule has 2 aromatic rings. The SMILES string of the molecule is COC(=O)c1ncn(CCc2ccccc2OC)c1N. The number of nitrogens with two attached hydrogens (primary N) is 1. The summed E-state index contributed by atoms with van der Waals surface area (Å²) in [6.07, 6.45) is 2.27. The van der Waals surface area contributed by atoms with Crippen LogP contribution in [0, 0.1) is 0 Å². The van der Waals surface area contributed by atoms with E-state index < -0.39 is 5.97 Å². The van der Waals surface area contributed by atoms with Gasteiger partial charge in [-0.25, -0.2) is 9.78 Å². The maximum atomic E-state index is 11.4. The third kappa shape index (κ3) is 2.74. The van der Waals surface area contributed by atoms with Crippen LogP contribution in [0.2, 0.25) is 0 Å². The molecule has 0 aliphatic rings. The van der Waals surface area contributed by atoms with Crippen LogP contribution >= 0.6 is 0 Å². The molecule has 0 aliphatic carbocycles. The summed E-state index contributed by atoms with van der Waals surface area (Å²) < 4.78 is 11.6. The van der Waals surface area contributed by atoms with Crippen LogP contribution in [0.3, 0.4) is 0 Å². The molecule has 0 bridgehead atoms. The molecule has 6 heteroatoms. The quantitative estimate of drug-likeness (QED) is 0.836. The third-order valence-corrected chi connectivity index (χ3v) is 3.07. The Morgan fingerprint density at radius 1 is 1.35 bits per heavy atom. The molecule has 0 radical (unpaired) electrons. The minimum absolute atomic E-state index is 0.146. The maximum Gasteiger partial charge on any atom is 0.360 e. The fourth-order valence-corrected chi connectivity index (χ4v) is 1.97.